The first-order valence-corrected chi connectivity index (χ1v) is 6.94. The molecule has 0 unspecified atom stereocenters. The molecule has 2 rings (SSSR count). The lowest BCUT2D eigenvalue weighted by molar-refractivity contribution is 0.686. The normalized spacial score (nSPS) is 10.2. The van der Waals surface area contributed by atoms with Crippen molar-refractivity contribution in [1.29, 1.82) is 5.26 Å². The summed E-state index contributed by atoms with van der Waals surface area (Å²) < 4.78 is 0. The lowest BCUT2D eigenvalue weighted by Crippen LogP contribution is -2.17. The Kier molecular flexibility index (Phi) is 5.37. The van der Waals surface area contributed by atoms with Gasteiger partial charge in [-0.25, -0.2) is 4.98 Å². The predicted molar refractivity (Wildman–Crippen MR) is 80.8 cm³/mol. The molecule has 1 aromatic carbocycles. The fraction of sp³-hybridized carbons (Fsp3) is 0.200. The van der Waals surface area contributed by atoms with Gasteiger partial charge in [0.05, 0.1) is 0 Å². The van der Waals surface area contributed by atoms with Gasteiger partial charge in [0.25, 0.3) is 0 Å². The van der Waals surface area contributed by atoms with E-state index in [2.05, 4.69) is 10.3 Å². The Morgan fingerprint density at radius 1 is 1.20 bits per heavy atom. The number of hydrogen-bond acceptors (Lipinski definition) is 3. The number of pyridine rings is 1. The van der Waals surface area contributed by atoms with Crippen LogP contribution in [0.3, 0.4) is 0 Å². The SMILES string of the molecule is N#Cc1cc(CNCCc2ccc(Cl)cc2Cl)ccn1. The van der Waals surface area contributed by atoms with Crippen LogP contribution in [0.25, 0.3) is 0 Å². The zero-order valence-corrected chi connectivity index (χ0v) is 12.2. The fourth-order valence-electron chi connectivity index (χ4n) is 1.83. The van der Waals surface area contributed by atoms with E-state index in [1.54, 1.807) is 18.3 Å². The van der Waals surface area contributed by atoms with Crippen molar-refractivity contribution < 1.29 is 0 Å². The van der Waals surface area contributed by atoms with Gasteiger partial charge in [-0.05, 0) is 48.4 Å². The van der Waals surface area contributed by atoms with E-state index < -0.39 is 0 Å². The summed E-state index contributed by atoms with van der Waals surface area (Å²) in [6.45, 7) is 1.49. The number of nitrogens with zero attached hydrogens (tertiary/aromatic N) is 2. The summed E-state index contributed by atoms with van der Waals surface area (Å²) in [4.78, 5) is 3.93. The lowest BCUT2D eigenvalue weighted by atomic mass is 10.1. The summed E-state index contributed by atoms with van der Waals surface area (Å²) >= 11 is 12.0. The van der Waals surface area contributed by atoms with Crippen molar-refractivity contribution in [3.8, 4) is 6.07 Å². The van der Waals surface area contributed by atoms with Gasteiger partial charge >= 0.3 is 0 Å². The minimum Gasteiger partial charge on any atom is -0.312 e. The topological polar surface area (TPSA) is 48.7 Å². The minimum absolute atomic E-state index is 0.435. The van der Waals surface area contributed by atoms with Crippen LogP contribution in [-0.4, -0.2) is 11.5 Å². The second kappa shape index (κ2) is 7.25. The largest absolute Gasteiger partial charge is 0.312 e. The highest BCUT2D eigenvalue weighted by Gasteiger charge is 2.01. The molecule has 3 nitrogen and oxygen atoms in total. The highest BCUT2D eigenvalue weighted by molar-refractivity contribution is 6.35. The summed E-state index contributed by atoms with van der Waals surface area (Å²) in [6.07, 6.45) is 2.47. The van der Waals surface area contributed by atoms with Gasteiger partial charge in [-0.3, -0.25) is 0 Å². The van der Waals surface area contributed by atoms with E-state index in [4.69, 9.17) is 28.5 Å². The van der Waals surface area contributed by atoms with Crippen molar-refractivity contribution in [2.45, 2.75) is 13.0 Å². The predicted octanol–water partition coefficient (Wildman–Crippen LogP) is 3.59. The lowest BCUT2D eigenvalue weighted by Gasteiger charge is -2.07. The molecule has 1 aromatic heterocycles. The smallest absolute Gasteiger partial charge is 0.140 e. The molecule has 2 aromatic rings. The molecular formula is C15H13Cl2N3. The molecule has 102 valence electrons. The van der Waals surface area contributed by atoms with Crippen molar-refractivity contribution in [1.82, 2.24) is 10.3 Å². The van der Waals surface area contributed by atoms with Crippen LogP contribution in [0.1, 0.15) is 16.8 Å². The molecule has 0 aliphatic heterocycles. The second-order valence-electron chi connectivity index (χ2n) is 4.32. The molecule has 0 bridgehead atoms. The van der Waals surface area contributed by atoms with Gasteiger partial charge in [-0.1, -0.05) is 29.3 Å². The number of benzene rings is 1. The molecule has 0 spiro atoms. The summed E-state index contributed by atoms with van der Waals surface area (Å²) in [6, 6.07) is 11.2. The second-order valence-corrected chi connectivity index (χ2v) is 5.17. The molecule has 0 amide bonds. The van der Waals surface area contributed by atoms with E-state index in [-0.39, 0.29) is 0 Å². The first-order valence-electron chi connectivity index (χ1n) is 6.18. The van der Waals surface area contributed by atoms with Gasteiger partial charge in [0, 0.05) is 22.8 Å². The van der Waals surface area contributed by atoms with Crippen LogP contribution in [0, 0.1) is 11.3 Å². The fourth-order valence-corrected chi connectivity index (χ4v) is 2.33. The molecule has 0 radical (unpaired) electrons. The number of nitrogens with one attached hydrogen (secondary N) is 1. The van der Waals surface area contributed by atoms with Crippen LogP contribution in [-0.2, 0) is 13.0 Å². The Morgan fingerprint density at radius 3 is 2.80 bits per heavy atom. The molecule has 1 N–H and O–H groups in total. The zero-order chi connectivity index (χ0) is 14.4. The van der Waals surface area contributed by atoms with Gasteiger partial charge in [-0.2, -0.15) is 5.26 Å². The Labute approximate surface area is 128 Å². The number of hydrogen-bond donors (Lipinski definition) is 1. The molecule has 0 saturated heterocycles. The summed E-state index contributed by atoms with van der Waals surface area (Å²) in [5, 5.41) is 13.4. The van der Waals surface area contributed by atoms with Crippen molar-refractivity contribution in [3.05, 3.63) is 63.4 Å². The summed E-state index contributed by atoms with van der Waals surface area (Å²) in [5.41, 5.74) is 2.54. The van der Waals surface area contributed by atoms with Crippen molar-refractivity contribution >= 4 is 23.2 Å². The van der Waals surface area contributed by atoms with Gasteiger partial charge < -0.3 is 5.32 Å². The van der Waals surface area contributed by atoms with Gasteiger partial charge in [0.15, 0.2) is 0 Å². The molecule has 0 aliphatic rings. The molecule has 0 atom stereocenters. The molecule has 0 fully saturated rings. The highest BCUT2D eigenvalue weighted by Crippen LogP contribution is 2.21. The van der Waals surface area contributed by atoms with Crippen LogP contribution in [0.15, 0.2) is 36.5 Å². The molecular weight excluding hydrogens is 293 g/mol. The van der Waals surface area contributed by atoms with E-state index in [0.717, 1.165) is 24.1 Å². The summed E-state index contributed by atoms with van der Waals surface area (Å²) in [5.74, 6) is 0. The highest BCUT2D eigenvalue weighted by atomic mass is 35.5. The van der Waals surface area contributed by atoms with Crippen LogP contribution in [0.5, 0.6) is 0 Å². The van der Waals surface area contributed by atoms with Crippen molar-refractivity contribution in [3.63, 3.8) is 0 Å². The number of nitriles is 1. The quantitative estimate of drug-likeness (QED) is 0.859. The van der Waals surface area contributed by atoms with Crippen LogP contribution in [0.4, 0.5) is 0 Å². The minimum atomic E-state index is 0.435. The maximum Gasteiger partial charge on any atom is 0.140 e. The van der Waals surface area contributed by atoms with Crippen LogP contribution in [0.2, 0.25) is 10.0 Å². The monoisotopic (exact) mass is 305 g/mol. The van der Waals surface area contributed by atoms with E-state index in [9.17, 15) is 0 Å². The molecule has 5 heteroatoms. The van der Waals surface area contributed by atoms with E-state index in [1.807, 2.05) is 24.3 Å². The third-order valence-electron chi connectivity index (χ3n) is 2.85. The molecule has 1 heterocycles. The third kappa shape index (κ3) is 4.21. The summed E-state index contributed by atoms with van der Waals surface area (Å²) in [7, 11) is 0. The zero-order valence-electron chi connectivity index (χ0n) is 10.7. The molecule has 20 heavy (non-hydrogen) atoms. The Hall–Kier alpha value is -1.60. The Morgan fingerprint density at radius 2 is 2.05 bits per heavy atom. The van der Waals surface area contributed by atoms with E-state index in [0.29, 0.717) is 22.3 Å². The van der Waals surface area contributed by atoms with Gasteiger partial charge in [-0.15, -0.1) is 0 Å². The third-order valence-corrected chi connectivity index (χ3v) is 3.44. The molecule has 0 saturated carbocycles. The van der Waals surface area contributed by atoms with E-state index in [1.165, 1.54) is 0 Å². The van der Waals surface area contributed by atoms with Crippen molar-refractivity contribution in [2.75, 3.05) is 6.54 Å². The Bertz CT molecular complexity index is 635. The molecule has 0 aliphatic carbocycles. The van der Waals surface area contributed by atoms with Crippen LogP contribution < -0.4 is 5.32 Å². The first kappa shape index (κ1) is 14.8. The van der Waals surface area contributed by atoms with Gasteiger partial charge in [0.2, 0.25) is 0 Å². The van der Waals surface area contributed by atoms with Crippen LogP contribution >= 0.6 is 23.2 Å². The number of rotatable bonds is 5. The number of aromatic nitrogens is 1. The average Bonchev–Trinajstić information content (AvgIpc) is 2.45. The standard InChI is InChI=1S/C15H13Cl2N3/c16-13-2-1-12(15(17)8-13)4-5-19-10-11-3-6-20-14(7-11)9-18/h1-3,6-8,19H,4-5,10H2. The van der Waals surface area contributed by atoms with Crippen molar-refractivity contribution in [2.24, 2.45) is 0 Å². The number of halogens is 2. The van der Waals surface area contributed by atoms with E-state index >= 15 is 0 Å². The maximum atomic E-state index is 8.78. The van der Waals surface area contributed by atoms with Gasteiger partial charge in [0.1, 0.15) is 11.8 Å². The Balaban J connectivity index is 1.83. The first-order chi connectivity index (χ1) is 9.69. The average molecular weight is 306 g/mol. The maximum absolute atomic E-state index is 8.78.